The maximum atomic E-state index is 10.1. The highest BCUT2D eigenvalue weighted by atomic mass is 16.5. The van der Waals surface area contributed by atoms with Crippen molar-refractivity contribution in [2.45, 2.75) is 19.3 Å². The van der Waals surface area contributed by atoms with E-state index in [4.69, 9.17) is 0 Å². The predicted octanol–water partition coefficient (Wildman–Crippen LogP) is -0.552. The number of piperidine rings is 1. The van der Waals surface area contributed by atoms with E-state index in [9.17, 15) is 5.21 Å². The van der Waals surface area contributed by atoms with Crippen molar-refractivity contribution in [1.82, 2.24) is 5.01 Å². The van der Waals surface area contributed by atoms with E-state index in [0.717, 1.165) is 18.7 Å². The summed E-state index contributed by atoms with van der Waals surface area (Å²) in [5, 5.41) is 11.9. The standard InChI is InChI=1S/C5H12N2O/c8-6-7-4-2-1-3-5-7/h1-6H2. The monoisotopic (exact) mass is 116 g/mol. The molecule has 3 nitrogen and oxygen atoms in total. The molecule has 3 heteroatoms. The maximum absolute atomic E-state index is 10.1. The van der Waals surface area contributed by atoms with Crippen molar-refractivity contribution in [2.24, 2.45) is 0 Å². The van der Waals surface area contributed by atoms with E-state index in [1.807, 2.05) is 5.01 Å². The minimum absolute atomic E-state index is 0.944. The zero-order chi connectivity index (χ0) is 5.82. The lowest BCUT2D eigenvalue weighted by Crippen LogP contribution is -2.89. The number of nitrogens with two attached hydrogens (primary N) is 1. The van der Waals surface area contributed by atoms with Crippen LogP contribution in [-0.4, -0.2) is 18.1 Å². The third-order valence-corrected chi connectivity index (χ3v) is 1.54. The molecule has 0 aliphatic carbocycles. The molecule has 0 amide bonds. The molecule has 8 heavy (non-hydrogen) atoms. The van der Waals surface area contributed by atoms with Gasteiger partial charge in [0.15, 0.2) is 0 Å². The number of hydrogen-bond donors (Lipinski definition) is 1. The average molecular weight is 116 g/mol. The minimum Gasteiger partial charge on any atom is -0.614 e. The fraction of sp³-hybridized carbons (Fsp3) is 1.00. The summed E-state index contributed by atoms with van der Waals surface area (Å²) in [6.07, 6.45) is 3.68. The van der Waals surface area contributed by atoms with Crippen molar-refractivity contribution in [2.75, 3.05) is 13.1 Å². The summed E-state index contributed by atoms with van der Waals surface area (Å²) in [6.45, 7) is 1.95. The Hall–Kier alpha value is -0.120. The molecular formula is C5H12N2O. The van der Waals surface area contributed by atoms with Crippen molar-refractivity contribution in [3.05, 3.63) is 5.21 Å². The van der Waals surface area contributed by atoms with Gasteiger partial charge in [0.05, 0.1) is 0 Å². The molecule has 0 bridgehead atoms. The summed E-state index contributed by atoms with van der Waals surface area (Å²) in [6, 6.07) is 0. The van der Waals surface area contributed by atoms with Crippen LogP contribution < -0.4 is 5.59 Å². The van der Waals surface area contributed by atoms with Crippen LogP contribution in [0.1, 0.15) is 19.3 Å². The van der Waals surface area contributed by atoms with Gasteiger partial charge in [0.1, 0.15) is 0 Å². The number of quaternary nitrogens is 1. The second-order valence-electron chi connectivity index (χ2n) is 2.20. The van der Waals surface area contributed by atoms with Crippen LogP contribution in [0.2, 0.25) is 0 Å². The summed E-state index contributed by atoms with van der Waals surface area (Å²) in [5.41, 5.74) is 0.944. The first kappa shape index (κ1) is 6.01. The van der Waals surface area contributed by atoms with Gasteiger partial charge in [0.2, 0.25) is 0 Å². The van der Waals surface area contributed by atoms with Crippen LogP contribution >= 0.6 is 0 Å². The molecule has 0 aromatic carbocycles. The van der Waals surface area contributed by atoms with Crippen molar-refractivity contribution in [1.29, 1.82) is 0 Å². The SMILES string of the molecule is [O-][NH2+]N1CCCCC1. The molecule has 0 atom stereocenters. The van der Waals surface area contributed by atoms with Gasteiger partial charge in [-0.15, -0.1) is 0 Å². The first-order valence-corrected chi connectivity index (χ1v) is 3.13. The Bertz CT molecular complexity index is 61.4. The van der Waals surface area contributed by atoms with E-state index in [1.54, 1.807) is 0 Å². The minimum atomic E-state index is 0.944. The Kier molecular flexibility index (Phi) is 2.27. The van der Waals surface area contributed by atoms with Gasteiger partial charge < -0.3 is 10.8 Å². The molecule has 1 saturated heterocycles. The first-order valence-electron chi connectivity index (χ1n) is 3.13. The molecule has 2 N–H and O–H groups in total. The summed E-state index contributed by atoms with van der Waals surface area (Å²) in [4.78, 5) is 0. The molecule has 0 aromatic rings. The van der Waals surface area contributed by atoms with Gasteiger partial charge in [-0.2, -0.15) is 5.01 Å². The maximum Gasteiger partial charge on any atom is 0.0477 e. The molecule has 0 spiro atoms. The fourth-order valence-electron chi connectivity index (χ4n) is 1.02. The Morgan fingerprint density at radius 3 is 2.12 bits per heavy atom. The average Bonchev–Trinajstić information content (AvgIpc) is 1.90. The predicted molar refractivity (Wildman–Crippen MR) is 30.7 cm³/mol. The van der Waals surface area contributed by atoms with Gasteiger partial charge in [-0.1, -0.05) is 6.42 Å². The quantitative estimate of drug-likeness (QED) is 0.369. The van der Waals surface area contributed by atoms with Crippen LogP contribution in [0.5, 0.6) is 0 Å². The largest absolute Gasteiger partial charge is 0.614 e. The highest BCUT2D eigenvalue weighted by molar-refractivity contribution is 4.54. The normalized spacial score (nSPS) is 23.6. The Morgan fingerprint density at radius 2 is 1.75 bits per heavy atom. The van der Waals surface area contributed by atoms with Gasteiger partial charge in [-0.05, 0) is 12.8 Å². The van der Waals surface area contributed by atoms with E-state index in [-0.39, 0.29) is 0 Å². The Morgan fingerprint density at radius 1 is 1.12 bits per heavy atom. The fourth-order valence-corrected chi connectivity index (χ4v) is 1.02. The van der Waals surface area contributed by atoms with Crippen LogP contribution in [0.3, 0.4) is 0 Å². The molecule has 0 unspecified atom stereocenters. The summed E-state index contributed by atoms with van der Waals surface area (Å²) in [5.74, 6) is 0. The zero-order valence-electron chi connectivity index (χ0n) is 4.97. The molecule has 1 aliphatic heterocycles. The highest BCUT2D eigenvalue weighted by Gasteiger charge is 2.07. The number of nitrogens with zero attached hydrogens (tertiary/aromatic N) is 1. The molecular weight excluding hydrogens is 104 g/mol. The zero-order valence-corrected chi connectivity index (χ0v) is 4.97. The van der Waals surface area contributed by atoms with Gasteiger partial charge in [0, 0.05) is 13.1 Å². The first-order chi connectivity index (χ1) is 3.93. The van der Waals surface area contributed by atoms with Crippen molar-refractivity contribution in [3.63, 3.8) is 0 Å². The molecule has 1 fully saturated rings. The highest BCUT2D eigenvalue weighted by Crippen LogP contribution is 2.02. The van der Waals surface area contributed by atoms with Crippen LogP contribution in [0.15, 0.2) is 0 Å². The van der Waals surface area contributed by atoms with Gasteiger partial charge in [-0.25, -0.2) is 0 Å². The van der Waals surface area contributed by atoms with Crippen LogP contribution in [-0.2, 0) is 0 Å². The van der Waals surface area contributed by atoms with Crippen LogP contribution in [0.4, 0.5) is 0 Å². The van der Waals surface area contributed by atoms with Gasteiger partial charge >= 0.3 is 0 Å². The molecule has 48 valence electrons. The van der Waals surface area contributed by atoms with Gasteiger partial charge in [-0.3, -0.25) is 0 Å². The number of hydrogen-bond acceptors (Lipinski definition) is 2. The summed E-state index contributed by atoms with van der Waals surface area (Å²) < 4.78 is 0. The van der Waals surface area contributed by atoms with Gasteiger partial charge in [0.25, 0.3) is 0 Å². The number of rotatable bonds is 1. The topological polar surface area (TPSA) is 42.9 Å². The lowest BCUT2D eigenvalue weighted by molar-refractivity contribution is -0.754. The molecule has 1 heterocycles. The smallest absolute Gasteiger partial charge is 0.0477 e. The Balaban J connectivity index is 2.13. The van der Waals surface area contributed by atoms with E-state index < -0.39 is 0 Å². The molecule has 1 rings (SSSR count). The van der Waals surface area contributed by atoms with E-state index >= 15 is 0 Å². The van der Waals surface area contributed by atoms with Crippen LogP contribution in [0.25, 0.3) is 0 Å². The second-order valence-corrected chi connectivity index (χ2v) is 2.20. The van der Waals surface area contributed by atoms with Crippen molar-refractivity contribution < 1.29 is 5.59 Å². The summed E-state index contributed by atoms with van der Waals surface area (Å²) in [7, 11) is 0. The second kappa shape index (κ2) is 3.02. The lowest BCUT2D eigenvalue weighted by Gasteiger charge is -2.24. The Labute approximate surface area is 49.2 Å². The van der Waals surface area contributed by atoms with E-state index in [2.05, 4.69) is 0 Å². The third kappa shape index (κ3) is 1.43. The third-order valence-electron chi connectivity index (χ3n) is 1.54. The molecule has 0 saturated carbocycles. The van der Waals surface area contributed by atoms with E-state index in [0.29, 0.717) is 0 Å². The van der Waals surface area contributed by atoms with Crippen LogP contribution in [0, 0.1) is 5.21 Å². The molecule has 1 aliphatic rings. The lowest BCUT2D eigenvalue weighted by atomic mass is 10.2. The van der Waals surface area contributed by atoms with Crippen molar-refractivity contribution in [3.8, 4) is 0 Å². The van der Waals surface area contributed by atoms with Crippen molar-refractivity contribution >= 4 is 0 Å². The van der Waals surface area contributed by atoms with E-state index in [1.165, 1.54) is 19.3 Å². The molecule has 0 radical (unpaired) electrons. The molecule has 0 aromatic heterocycles. The summed E-state index contributed by atoms with van der Waals surface area (Å²) >= 11 is 0.